The van der Waals surface area contributed by atoms with Gasteiger partial charge in [-0.15, -0.1) is 0 Å². The van der Waals surface area contributed by atoms with Gasteiger partial charge < -0.3 is 5.73 Å². The average molecular weight is 235 g/mol. The number of hydrogen-bond acceptors (Lipinski definition) is 1. The molecule has 94 valence electrons. The van der Waals surface area contributed by atoms with Gasteiger partial charge in [-0.3, -0.25) is 0 Å². The van der Waals surface area contributed by atoms with E-state index in [0.29, 0.717) is 5.92 Å². The van der Waals surface area contributed by atoms with Crippen molar-refractivity contribution in [2.24, 2.45) is 11.7 Å². The van der Waals surface area contributed by atoms with Crippen molar-refractivity contribution in [3.05, 3.63) is 35.6 Å². The third-order valence-electron chi connectivity index (χ3n) is 4.54. The van der Waals surface area contributed by atoms with Crippen molar-refractivity contribution in [1.29, 1.82) is 0 Å². The first kappa shape index (κ1) is 12.6. The lowest BCUT2D eigenvalue weighted by atomic mass is 9.62. The van der Waals surface area contributed by atoms with E-state index in [0.717, 1.165) is 12.0 Å². The average Bonchev–Trinajstić information content (AvgIpc) is 2.60. The fourth-order valence-corrected chi connectivity index (χ4v) is 3.70. The summed E-state index contributed by atoms with van der Waals surface area (Å²) in [5.41, 5.74) is 7.08. The number of rotatable bonds is 2. The van der Waals surface area contributed by atoms with Gasteiger partial charge in [0.2, 0.25) is 0 Å². The Hall–Kier alpha value is -0.890. The van der Waals surface area contributed by atoms with Crippen LogP contribution in [-0.4, -0.2) is 5.54 Å². The monoisotopic (exact) mass is 235 g/mol. The maximum Gasteiger partial charge on any atom is 0.123 e. The van der Waals surface area contributed by atoms with Gasteiger partial charge in [0.05, 0.1) is 0 Å². The van der Waals surface area contributed by atoms with Gasteiger partial charge in [-0.1, -0.05) is 25.5 Å². The highest BCUT2D eigenvalue weighted by Crippen LogP contribution is 2.51. The first-order valence-electron chi connectivity index (χ1n) is 6.43. The molecule has 2 atom stereocenters. The van der Waals surface area contributed by atoms with Gasteiger partial charge in [0.25, 0.3) is 0 Å². The molecule has 0 heterocycles. The summed E-state index contributed by atoms with van der Waals surface area (Å²) in [7, 11) is 0. The van der Waals surface area contributed by atoms with Crippen molar-refractivity contribution in [3.8, 4) is 0 Å². The van der Waals surface area contributed by atoms with E-state index in [1.807, 2.05) is 6.07 Å². The molecule has 2 heteroatoms. The predicted octanol–water partition coefficient (Wildman–Crippen LogP) is 3.62. The molecule has 1 aliphatic carbocycles. The predicted molar refractivity (Wildman–Crippen MR) is 69.4 cm³/mol. The molecular weight excluding hydrogens is 213 g/mol. The lowest BCUT2D eigenvalue weighted by Gasteiger charge is -2.46. The summed E-state index contributed by atoms with van der Waals surface area (Å²) in [6.07, 6.45) is 3.41. The Kier molecular flexibility index (Phi) is 3.03. The fraction of sp³-hybridized carbons (Fsp3) is 0.600. The second-order valence-corrected chi connectivity index (χ2v) is 6.00. The fourth-order valence-electron chi connectivity index (χ4n) is 3.70. The van der Waals surface area contributed by atoms with Crippen LogP contribution in [-0.2, 0) is 5.41 Å². The van der Waals surface area contributed by atoms with Crippen LogP contribution >= 0.6 is 0 Å². The minimum absolute atomic E-state index is 0.0882. The Morgan fingerprint density at radius 1 is 1.41 bits per heavy atom. The zero-order valence-corrected chi connectivity index (χ0v) is 11.0. The topological polar surface area (TPSA) is 26.0 Å². The van der Waals surface area contributed by atoms with Gasteiger partial charge in [0.1, 0.15) is 5.82 Å². The molecule has 2 unspecified atom stereocenters. The molecule has 0 spiro atoms. The second-order valence-electron chi connectivity index (χ2n) is 6.00. The summed E-state index contributed by atoms with van der Waals surface area (Å²) >= 11 is 0. The Morgan fingerprint density at radius 2 is 2.12 bits per heavy atom. The van der Waals surface area contributed by atoms with Crippen molar-refractivity contribution < 1.29 is 4.39 Å². The third-order valence-corrected chi connectivity index (χ3v) is 4.54. The maximum absolute atomic E-state index is 13.5. The van der Waals surface area contributed by atoms with E-state index < -0.39 is 0 Å². The van der Waals surface area contributed by atoms with Crippen LogP contribution in [0.1, 0.15) is 45.6 Å². The molecule has 0 bridgehead atoms. The van der Waals surface area contributed by atoms with E-state index >= 15 is 0 Å². The SMILES string of the molecule is CC1CCCC1(c1cccc(F)c1)C(C)(C)N. The van der Waals surface area contributed by atoms with E-state index in [-0.39, 0.29) is 16.8 Å². The van der Waals surface area contributed by atoms with Gasteiger partial charge in [-0.05, 0) is 50.3 Å². The van der Waals surface area contributed by atoms with Crippen LogP contribution in [0.4, 0.5) is 4.39 Å². The number of halogens is 1. The Bertz CT molecular complexity index is 408. The van der Waals surface area contributed by atoms with E-state index in [2.05, 4.69) is 20.8 Å². The van der Waals surface area contributed by atoms with Crippen LogP contribution in [0.15, 0.2) is 24.3 Å². The van der Waals surface area contributed by atoms with Crippen LogP contribution in [0.25, 0.3) is 0 Å². The molecule has 0 amide bonds. The quantitative estimate of drug-likeness (QED) is 0.832. The Balaban J connectivity index is 2.56. The minimum Gasteiger partial charge on any atom is -0.325 e. The largest absolute Gasteiger partial charge is 0.325 e. The molecule has 0 radical (unpaired) electrons. The third kappa shape index (κ3) is 1.89. The summed E-state index contributed by atoms with van der Waals surface area (Å²) in [5, 5.41) is 0. The highest BCUT2D eigenvalue weighted by atomic mass is 19.1. The molecule has 0 aliphatic heterocycles. The number of nitrogens with two attached hydrogens (primary N) is 1. The van der Waals surface area contributed by atoms with Crippen LogP contribution in [0.2, 0.25) is 0 Å². The minimum atomic E-state index is -0.323. The highest BCUT2D eigenvalue weighted by Gasteiger charge is 2.50. The molecule has 2 N–H and O–H groups in total. The van der Waals surface area contributed by atoms with Crippen LogP contribution in [0.3, 0.4) is 0 Å². The normalized spacial score (nSPS) is 29.6. The van der Waals surface area contributed by atoms with Crippen LogP contribution in [0, 0.1) is 11.7 Å². The van der Waals surface area contributed by atoms with Crippen LogP contribution < -0.4 is 5.73 Å². The summed E-state index contributed by atoms with van der Waals surface area (Å²) < 4.78 is 13.5. The zero-order valence-electron chi connectivity index (χ0n) is 11.0. The molecule has 0 saturated heterocycles. The Labute approximate surface area is 103 Å². The second kappa shape index (κ2) is 4.09. The first-order chi connectivity index (χ1) is 7.88. The van der Waals surface area contributed by atoms with Crippen LogP contribution in [0.5, 0.6) is 0 Å². The van der Waals surface area contributed by atoms with Crippen molar-refractivity contribution >= 4 is 0 Å². The number of benzene rings is 1. The molecule has 1 aromatic carbocycles. The van der Waals surface area contributed by atoms with Gasteiger partial charge in [0, 0.05) is 11.0 Å². The van der Waals surface area contributed by atoms with Crippen molar-refractivity contribution in [2.75, 3.05) is 0 Å². The maximum atomic E-state index is 13.5. The smallest absolute Gasteiger partial charge is 0.123 e. The molecule has 1 aliphatic rings. The lowest BCUT2D eigenvalue weighted by Crippen LogP contribution is -2.55. The van der Waals surface area contributed by atoms with Crippen molar-refractivity contribution in [2.45, 2.75) is 51.0 Å². The lowest BCUT2D eigenvalue weighted by molar-refractivity contribution is 0.200. The number of hydrogen-bond donors (Lipinski definition) is 1. The molecule has 0 aromatic heterocycles. The van der Waals surface area contributed by atoms with Gasteiger partial charge in [0.15, 0.2) is 0 Å². The van der Waals surface area contributed by atoms with Gasteiger partial charge in [-0.25, -0.2) is 4.39 Å². The van der Waals surface area contributed by atoms with E-state index in [1.54, 1.807) is 12.1 Å². The molecule has 1 fully saturated rings. The molecule has 1 aromatic rings. The summed E-state index contributed by atoms with van der Waals surface area (Å²) in [4.78, 5) is 0. The molecule has 1 saturated carbocycles. The van der Waals surface area contributed by atoms with Gasteiger partial charge >= 0.3 is 0 Å². The summed E-state index contributed by atoms with van der Waals surface area (Å²) in [6.45, 7) is 6.38. The molecular formula is C15H22FN. The molecule has 1 nitrogen and oxygen atoms in total. The molecule has 2 rings (SSSR count). The van der Waals surface area contributed by atoms with E-state index in [1.165, 1.54) is 18.9 Å². The standard InChI is InChI=1S/C15H22FN/c1-11-6-5-9-15(11,14(2,3)17)12-7-4-8-13(16)10-12/h4,7-8,10-11H,5-6,9,17H2,1-3H3. The van der Waals surface area contributed by atoms with E-state index in [9.17, 15) is 4.39 Å². The highest BCUT2D eigenvalue weighted by molar-refractivity contribution is 5.33. The van der Waals surface area contributed by atoms with Gasteiger partial charge in [-0.2, -0.15) is 0 Å². The first-order valence-corrected chi connectivity index (χ1v) is 6.43. The Morgan fingerprint density at radius 3 is 2.59 bits per heavy atom. The van der Waals surface area contributed by atoms with Crippen molar-refractivity contribution in [1.82, 2.24) is 0 Å². The summed E-state index contributed by atoms with van der Waals surface area (Å²) in [5.74, 6) is 0.342. The molecule has 17 heavy (non-hydrogen) atoms. The summed E-state index contributed by atoms with van der Waals surface area (Å²) in [6, 6.07) is 6.99. The zero-order chi connectivity index (χ0) is 12.7. The van der Waals surface area contributed by atoms with Crippen molar-refractivity contribution in [3.63, 3.8) is 0 Å². The van der Waals surface area contributed by atoms with E-state index in [4.69, 9.17) is 5.73 Å².